The van der Waals surface area contributed by atoms with Gasteiger partial charge in [-0.05, 0) is 77.6 Å². The summed E-state index contributed by atoms with van der Waals surface area (Å²) in [6.07, 6.45) is 4.79. The van der Waals surface area contributed by atoms with Crippen LogP contribution in [0.5, 0.6) is 0 Å². The maximum atomic E-state index is 12.4. The zero-order valence-electron chi connectivity index (χ0n) is 19.5. The van der Waals surface area contributed by atoms with Gasteiger partial charge in [-0.2, -0.15) is 5.26 Å². The van der Waals surface area contributed by atoms with Crippen LogP contribution in [0, 0.1) is 23.2 Å². The molecule has 5 nitrogen and oxygen atoms in total. The average Bonchev–Trinajstić information content (AvgIpc) is 3.51. The van der Waals surface area contributed by atoms with Crippen molar-refractivity contribution < 1.29 is 14.7 Å². The number of amides is 1. The minimum absolute atomic E-state index is 0.0512. The van der Waals surface area contributed by atoms with Crippen molar-refractivity contribution in [3.05, 3.63) is 95.1 Å². The third-order valence-electron chi connectivity index (χ3n) is 7.88. The number of fused-ring (bicyclic) bond motifs is 2. The summed E-state index contributed by atoms with van der Waals surface area (Å²) in [5.74, 6) is 0.149. The lowest BCUT2D eigenvalue weighted by Crippen LogP contribution is -2.34. The maximum Gasteiger partial charge on any atom is 0.305 e. The van der Waals surface area contributed by atoms with Gasteiger partial charge >= 0.3 is 5.97 Å². The van der Waals surface area contributed by atoms with E-state index in [2.05, 4.69) is 47.8 Å². The summed E-state index contributed by atoms with van der Waals surface area (Å²) in [6.45, 7) is 0.120. The second kappa shape index (κ2) is 9.38. The lowest BCUT2D eigenvalue weighted by molar-refractivity contribution is -0.136. The zero-order valence-corrected chi connectivity index (χ0v) is 19.5. The van der Waals surface area contributed by atoms with Crippen molar-refractivity contribution in [2.24, 2.45) is 11.8 Å². The van der Waals surface area contributed by atoms with Crippen LogP contribution in [0.4, 0.5) is 0 Å². The number of nitrogens with zero attached hydrogens (tertiary/aromatic N) is 1. The molecule has 0 aliphatic heterocycles. The molecule has 5 rings (SSSR count). The van der Waals surface area contributed by atoms with Crippen molar-refractivity contribution in [3.8, 4) is 17.2 Å². The summed E-state index contributed by atoms with van der Waals surface area (Å²) < 4.78 is 0. The number of rotatable bonds is 7. The van der Waals surface area contributed by atoms with E-state index in [9.17, 15) is 9.59 Å². The molecule has 35 heavy (non-hydrogen) atoms. The van der Waals surface area contributed by atoms with Gasteiger partial charge in [0.15, 0.2) is 0 Å². The van der Waals surface area contributed by atoms with Crippen LogP contribution in [-0.2, 0) is 10.2 Å². The molecule has 0 radical (unpaired) electrons. The summed E-state index contributed by atoms with van der Waals surface area (Å²) in [7, 11) is 0. The van der Waals surface area contributed by atoms with Gasteiger partial charge in [0.25, 0.3) is 5.91 Å². The molecule has 2 saturated carbocycles. The van der Waals surface area contributed by atoms with Crippen LogP contribution in [0.15, 0.2) is 72.8 Å². The van der Waals surface area contributed by atoms with Crippen molar-refractivity contribution in [3.63, 3.8) is 0 Å². The molecule has 0 saturated heterocycles. The van der Waals surface area contributed by atoms with Crippen molar-refractivity contribution >= 4 is 11.9 Å². The fraction of sp³-hybridized carbons (Fsp3) is 0.300. The standard InChI is InChI=1S/C30H28N2O3/c31-19-20-1-4-22(5-2-20)23-6-11-25(12-7-23)30(18-21-3-10-27(30)17-21)26-13-8-24(9-14-26)29(35)32-16-15-28(33)34/h1-2,4-9,11-14,21,27H,3,10,15-18H2,(H,32,35)(H,33,34). The Morgan fingerprint density at radius 3 is 2.03 bits per heavy atom. The Morgan fingerprint density at radius 1 is 0.914 bits per heavy atom. The monoisotopic (exact) mass is 464 g/mol. The number of hydrogen-bond donors (Lipinski definition) is 2. The molecular weight excluding hydrogens is 436 g/mol. The minimum atomic E-state index is -0.927. The third-order valence-corrected chi connectivity index (χ3v) is 7.88. The van der Waals surface area contributed by atoms with Crippen LogP contribution in [0.1, 0.15) is 59.2 Å². The van der Waals surface area contributed by atoms with Gasteiger partial charge in [-0.1, -0.05) is 55.0 Å². The number of carboxylic acid groups (broad SMARTS) is 1. The van der Waals surface area contributed by atoms with Gasteiger partial charge in [0.05, 0.1) is 18.1 Å². The molecule has 0 heterocycles. The van der Waals surface area contributed by atoms with Gasteiger partial charge < -0.3 is 10.4 Å². The number of hydrogen-bond acceptors (Lipinski definition) is 3. The van der Waals surface area contributed by atoms with E-state index >= 15 is 0 Å². The normalized spacial score (nSPS) is 22.5. The zero-order chi connectivity index (χ0) is 24.4. The van der Waals surface area contributed by atoms with E-state index in [4.69, 9.17) is 10.4 Å². The SMILES string of the molecule is N#Cc1ccc(-c2ccc(C3(c4ccc(C(=O)NCCC(=O)O)cc4)CC4CCC3C4)cc2)cc1. The Hall–Kier alpha value is -3.91. The second-order valence-electron chi connectivity index (χ2n) is 9.79. The first-order valence-corrected chi connectivity index (χ1v) is 12.2. The van der Waals surface area contributed by atoms with Gasteiger partial charge in [-0.15, -0.1) is 0 Å². The van der Waals surface area contributed by atoms with E-state index < -0.39 is 5.97 Å². The highest BCUT2D eigenvalue weighted by atomic mass is 16.4. The Balaban J connectivity index is 1.42. The van der Waals surface area contributed by atoms with Crippen LogP contribution in [0.3, 0.4) is 0 Å². The van der Waals surface area contributed by atoms with Crippen LogP contribution in [0.25, 0.3) is 11.1 Å². The van der Waals surface area contributed by atoms with Gasteiger partial charge in [0.2, 0.25) is 0 Å². The molecule has 2 bridgehead atoms. The molecule has 3 unspecified atom stereocenters. The van der Waals surface area contributed by atoms with Crippen molar-refractivity contribution in [2.75, 3.05) is 6.54 Å². The fourth-order valence-electron chi connectivity index (χ4n) is 6.21. The smallest absolute Gasteiger partial charge is 0.305 e. The van der Waals surface area contributed by atoms with Crippen LogP contribution in [0.2, 0.25) is 0 Å². The second-order valence-corrected chi connectivity index (χ2v) is 9.79. The predicted molar refractivity (Wildman–Crippen MR) is 134 cm³/mol. The highest BCUT2D eigenvalue weighted by molar-refractivity contribution is 5.94. The van der Waals surface area contributed by atoms with Crippen LogP contribution in [-0.4, -0.2) is 23.5 Å². The number of aliphatic carboxylic acids is 1. The number of benzene rings is 3. The van der Waals surface area contributed by atoms with E-state index in [1.54, 1.807) is 0 Å². The van der Waals surface area contributed by atoms with Gasteiger partial charge in [0.1, 0.15) is 0 Å². The molecule has 2 fully saturated rings. The minimum Gasteiger partial charge on any atom is -0.481 e. The van der Waals surface area contributed by atoms with Crippen molar-refractivity contribution in [2.45, 2.75) is 37.5 Å². The van der Waals surface area contributed by atoms with Crippen molar-refractivity contribution in [1.82, 2.24) is 5.32 Å². The van der Waals surface area contributed by atoms with Gasteiger partial charge in [-0.25, -0.2) is 0 Å². The Bertz CT molecular complexity index is 1270. The van der Waals surface area contributed by atoms with Crippen molar-refractivity contribution in [1.29, 1.82) is 5.26 Å². The predicted octanol–water partition coefficient (Wildman–Crippen LogP) is 5.54. The summed E-state index contributed by atoms with van der Waals surface area (Å²) in [5, 5.41) is 20.5. The number of carbonyl (C=O) groups excluding carboxylic acids is 1. The Labute approximate surface area is 205 Å². The van der Waals surface area contributed by atoms with E-state index in [1.165, 1.54) is 30.4 Å². The average molecular weight is 465 g/mol. The molecule has 5 heteroatoms. The molecule has 2 aliphatic rings. The first-order chi connectivity index (χ1) is 17.0. The molecule has 3 atom stereocenters. The Morgan fingerprint density at radius 2 is 1.51 bits per heavy atom. The number of nitriles is 1. The molecule has 176 valence electrons. The van der Waals surface area contributed by atoms with Gasteiger partial charge in [0, 0.05) is 17.5 Å². The topological polar surface area (TPSA) is 90.2 Å². The highest BCUT2D eigenvalue weighted by Gasteiger charge is 2.52. The summed E-state index contributed by atoms with van der Waals surface area (Å²) >= 11 is 0. The molecule has 0 aromatic heterocycles. The first kappa shape index (κ1) is 22.9. The largest absolute Gasteiger partial charge is 0.481 e. The maximum absolute atomic E-state index is 12.4. The van der Waals surface area contributed by atoms with E-state index in [-0.39, 0.29) is 24.3 Å². The quantitative estimate of drug-likeness (QED) is 0.481. The molecule has 0 spiro atoms. The molecule has 2 N–H and O–H groups in total. The summed E-state index contributed by atoms with van der Waals surface area (Å²) in [4.78, 5) is 23.1. The molecule has 2 aliphatic carbocycles. The lowest BCUT2D eigenvalue weighted by Gasteiger charge is -2.39. The Kier molecular flexibility index (Phi) is 6.13. The fourth-order valence-corrected chi connectivity index (χ4v) is 6.21. The first-order valence-electron chi connectivity index (χ1n) is 12.2. The molecule has 1 amide bonds. The van der Waals surface area contributed by atoms with E-state index in [0.29, 0.717) is 17.0 Å². The number of nitrogens with one attached hydrogen (secondary N) is 1. The third kappa shape index (κ3) is 4.33. The van der Waals surface area contributed by atoms with Crippen LogP contribution < -0.4 is 5.32 Å². The highest BCUT2D eigenvalue weighted by Crippen LogP contribution is 2.60. The van der Waals surface area contributed by atoms with Gasteiger partial charge in [-0.3, -0.25) is 9.59 Å². The van der Waals surface area contributed by atoms with E-state index in [1.807, 2.05) is 36.4 Å². The molecule has 3 aromatic rings. The van der Waals surface area contributed by atoms with Crippen LogP contribution >= 0.6 is 0 Å². The number of carboxylic acids is 1. The number of carbonyl (C=O) groups is 2. The molecule has 3 aromatic carbocycles. The van der Waals surface area contributed by atoms with E-state index in [0.717, 1.165) is 23.5 Å². The summed E-state index contributed by atoms with van der Waals surface area (Å²) in [5.41, 5.74) is 5.95. The molecular formula is C30H28N2O3. The lowest BCUT2D eigenvalue weighted by atomic mass is 9.64. The summed E-state index contributed by atoms with van der Waals surface area (Å²) in [6, 6.07) is 26.6.